The van der Waals surface area contributed by atoms with Crippen LogP contribution in [0, 0.1) is 0 Å². The average molecular weight is 291 g/mol. The fourth-order valence-electron chi connectivity index (χ4n) is 0. The smallest absolute Gasteiger partial charge is 0.164 e. The largest absolute Gasteiger partial charge is 0.192 e. The fourth-order valence-corrected chi connectivity index (χ4v) is 0. The quantitative estimate of drug-likeness (QED) is 0.505. The van der Waals surface area contributed by atoms with Gasteiger partial charge in [0.1, 0.15) is 0 Å². The summed E-state index contributed by atoms with van der Waals surface area (Å²) in [6.07, 6.45) is 0. The highest BCUT2D eigenvalue weighted by Crippen LogP contribution is 1.92. The Bertz CT molecular complexity index is 21.6. The standard InChI is InChI=1S/CH4B2I2/c1-3(5)2-4/h2H,1H3. The molecule has 0 fully saturated rings. The summed E-state index contributed by atoms with van der Waals surface area (Å²) in [7, 11) is 0. The van der Waals surface area contributed by atoms with Crippen molar-refractivity contribution in [1.82, 2.24) is 0 Å². The molecule has 0 amide bonds. The third kappa shape index (κ3) is 5.59. The summed E-state index contributed by atoms with van der Waals surface area (Å²) >= 11 is 4.77. The Morgan fingerprint density at radius 3 is 2.00 bits per heavy atom. The molecule has 0 nitrogen and oxygen atoms in total. The highest BCUT2D eigenvalue weighted by atomic mass is 127. The maximum atomic E-state index is 2.40. The van der Waals surface area contributed by atoms with Crippen LogP contribution in [-0.4, -0.2) is 9.49 Å². The van der Waals surface area contributed by atoms with Gasteiger partial charge < -0.3 is 0 Å². The van der Waals surface area contributed by atoms with Crippen molar-refractivity contribution in [3.8, 4) is 0 Å². The molecule has 0 saturated heterocycles. The van der Waals surface area contributed by atoms with E-state index in [1.807, 2.05) is 0 Å². The van der Waals surface area contributed by atoms with E-state index in [2.05, 4.69) is 51.6 Å². The molecule has 0 heterocycles. The molecule has 0 aromatic rings. The van der Waals surface area contributed by atoms with Gasteiger partial charge in [-0.1, -0.05) is 6.82 Å². The summed E-state index contributed by atoms with van der Waals surface area (Å²) in [5.41, 5.74) is 0. The van der Waals surface area contributed by atoms with E-state index in [1.165, 1.54) is 5.03 Å². The highest BCUT2D eigenvalue weighted by Gasteiger charge is 1.94. The van der Waals surface area contributed by atoms with Crippen molar-refractivity contribution < 1.29 is 0 Å². The van der Waals surface area contributed by atoms with Gasteiger partial charge in [0.15, 0.2) is 9.49 Å². The maximum Gasteiger partial charge on any atom is 0.192 e. The molecule has 4 heteroatoms. The molecule has 0 saturated carbocycles. The molecule has 0 aromatic heterocycles. The Balaban J connectivity index is 2.54. The van der Waals surface area contributed by atoms with E-state index in [4.69, 9.17) is 0 Å². The zero-order valence-electron chi connectivity index (χ0n) is 3.04. The van der Waals surface area contributed by atoms with Gasteiger partial charge in [-0.3, -0.25) is 0 Å². The second-order valence-corrected chi connectivity index (χ2v) is 3.94. The zero-order valence-corrected chi connectivity index (χ0v) is 7.36. The van der Waals surface area contributed by atoms with Gasteiger partial charge >= 0.3 is 0 Å². The van der Waals surface area contributed by atoms with Crippen LogP contribution in [0.4, 0.5) is 0 Å². The topological polar surface area (TPSA) is 0 Å². The van der Waals surface area contributed by atoms with Crippen molar-refractivity contribution in [2.75, 3.05) is 0 Å². The van der Waals surface area contributed by atoms with E-state index in [9.17, 15) is 0 Å². The van der Waals surface area contributed by atoms with Crippen molar-refractivity contribution in [3.05, 3.63) is 0 Å². The summed E-state index contributed by atoms with van der Waals surface area (Å²) < 4.78 is 0.841. The van der Waals surface area contributed by atoms with Gasteiger partial charge in [0, 0.05) is 0 Å². The van der Waals surface area contributed by atoms with Gasteiger partial charge in [0.2, 0.25) is 0 Å². The van der Waals surface area contributed by atoms with E-state index >= 15 is 0 Å². The molecule has 0 aliphatic carbocycles. The minimum atomic E-state index is 0.841. The summed E-state index contributed by atoms with van der Waals surface area (Å²) in [6, 6.07) is 0. The molecule has 0 atom stereocenters. The third-order valence-corrected chi connectivity index (χ3v) is 3.66. The van der Waals surface area contributed by atoms with Crippen LogP contribution in [0.15, 0.2) is 0 Å². The number of hydrogen-bond donors (Lipinski definition) is 0. The van der Waals surface area contributed by atoms with Crippen LogP contribution in [-0.2, 0) is 0 Å². The molecule has 0 aliphatic heterocycles. The van der Waals surface area contributed by atoms with Gasteiger partial charge in [-0.25, -0.2) is 0 Å². The predicted molar refractivity (Wildman–Crippen MR) is 46.8 cm³/mol. The molecule has 0 aliphatic rings. The minimum Gasteiger partial charge on any atom is -0.164 e. The van der Waals surface area contributed by atoms with Crippen LogP contribution >= 0.6 is 44.7 Å². The Hall–Kier alpha value is 1.59. The summed E-state index contributed by atoms with van der Waals surface area (Å²) in [6.45, 7) is 2.20. The summed E-state index contributed by atoms with van der Waals surface area (Å²) in [5, 5.41) is 1.26. The van der Waals surface area contributed by atoms with E-state index in [0.717, 1.165) is 4.46 Å². The van der Waals surface area contributed by atoms with E-state index in [1.54, 1.807) is 0 Å². The van der Waals surface area contributed by atoms with Crippen LogP contribution in [0.2, 0.25) is 6.82 Å². The Morgan fingerprint density at radius 1 is 1.80 bits per heavy atom. The van der Waals surface area contributed by atoms with Gasteiger partial charge in [-0.2, -0.15) is 44.7 Å². The first-order valence-electron chi connectivity index (χ1n) is 1.47. The molecule has 0 radical (unpaired) electrons. The number of hydrogen-bond acceptors (Lipinski definition) is 0. The van der Waals surface area contributed by atoms with Crippen LogP contribution in [0.1, 0.15) is 0 Å². The Morgan fingerprint density at radius 2 is 2.00 bits per heavy atom. The van der Waals surface area contributed by atoms with Gasteiger partial charge in [-0.15, -0.1) is 0 Å². The van der Waals surface area contributed by atoms with Crippen LogP contribution in [0.3, 0.4) is 0 Å². The molecule has 0 rings (SSSR count). The lowest BCUT2D eigenvalue weighted by molar-refractivity contribution is 2.36. The molecule has 0 N–H and O–H groups in total. The Labute approximate surface area is 60.5 Å². The van der Waals surface area contributed by atoms with Crippen LogP contribution in [0.25, 0.3) is 0 Å². The molecule has 0 bridgehead atoms. The summed E-state index contributed by atoms with van der Waals surface area (Å²) in [5.74, 6) is 0. The number of halogens is 2. The lowest BCUT2D eigenvalue weighted by atomic mass is 9.58. The van der Waals surface area contributed by atoms with Crippen molar-refractivity contribution in [2.45, 2.75) is 6.82 Å². The zero-order chi connectivity index (χ0) is 4.28. The van der Waals surface area contributed by atoms with Gasteiger partial charge in [0.25, 0.3) is 0 Å². The molecule has 0 unspecified atom stereocenters. The molecular weight excluding hydrogens is 287 g/mol. The third-order valence-electron chi connectivity index (χ3n) is 0.213. The van der Waals surface area contributed by atoms with Crippen molar-refractivity contribution in [1.29, 1.82) is 0 Å². The molecule has 0 spiro atoms. The fraction of sp³-hybridized carbons (Fsp3) is 1.00. The lowest BCUT2D eigenvalue weighted by Crippen LogP contribution is -1.98. The maximum absolute atomic E-state index is 2.40. The molecule has 0 aromatic carbocycles. The molecular formula is CH4B2I2. The van der Waals surface area contributed by atoms with Crippen LogP contribution in [0.5, 0.6) is 0 Å². The lowest BCUT2D eigenvalue weighted by Gasteiger charge is -1.77. The van der Waals surface area contributed by atoms with E-state index in [0.29, 0.717) is 0 Å². The Kier molecular flexibility index (Phi) is 4.97. The first kappa shape index (κ1) is 6.59. The summed E-state index contributed by atoms with van der Waals surface area (Å²) in [4.78, 5) is 0. The second-order valence-electron chi connectivity index (χ2n) is 0.935. The van der Waals surface area contributed by atoms with Crippen molar-refractivity contribution in [2.24, 2.45) is 0 Å². The number of rotatable bonds is 1. The van der Waals surface area contributed by atoms with Gasteiger partial charge in [-0.05, 0) is 0 Å². The minimum absolute atomic E-state index is 0.841. The highest BCUT2D eigenvalue weighted by molar-refractivity contribution is 14.2. The van der Waals surface area contributed by atoms with E-state index < -0.39 is 0 Å². The molecule has 5 heavy (non-hydrogen) atoms. The first-order valence-corrected chi connectivity index (χ1v) is 4.24. The first-order chi connectivity index (χ1) is 2.27. The average Bonchev–Trinajstić information content (AvgIpc) is 1.38. The predicted octanol–water partition coefficient (Wildman–Crippen LogP) is 1.33. The van der Waals surface area contributed by atoms with Crippen LogP contribution < -0.4 is 0 Å². The SMILES string of the molecule is CB(I)BI. The monoisotopic (exact) mass is 292 g/mol. The second kappa shape index (κ2) is 3.77. The van der Waals surface area contributed by atoms with Gasteiger partial charge in [0.05, 0.1) is 0 Å². The van der Waals surface area contributed by atoms with E-state index in [-0.39, 0.29) is 0 Å². The normalized spacial score (nSPS) is 7.00. The van der Waals surface area contributed by atoms with Crippen molar-refractivity contribution >= 4 is 54.2 Å². The molecule has 28 valence electrons. The van der Waals surface area contributed by atoms with Crippen molar-refractivity contribution in [3.63, 3.8) is 0 Å².